The summed E-state index contributed by atoms with van der Waals surface area (Å²) in [4.78, 5) is 0. The molecule has 0 fully saturated rings. The van der Waals surface area contributed by atoms with Crippen molar-refractivity contribution in [2.45, 2.75) is 96.8 Å². The maximum atomic E-state index is 9.09. The lowest BCUT2D eigenvalue weighted by Crippen LogP contribution is -2.44. The first kappa shape index (κ1) is 34.1. The van der Waals surface area contributed by atoms with Gasteiger partial charge in [0, 0.05) is 41.7 Å². The second-order valence-electron chi connectivity index (χ2n) is 15.6. The predicted molar refractivity (Wildman–Crippen MR) is 192 cm³/mol. The van der Waals surface area contributed by atoms with Gasteiger partial charge in [0.15, 0.2) is 0 Å². The molecule has 0 bridgehead atoms. The molecule has 0 saturated carbocycles. The molecule has 0 aromatic heterocycles. The Hall–Kier alpha value is -3.21. The SMILES string of the molecule is CC(C)(C)[Si](C)(C)OC1=CC2=C[C@H](c3ccc(OCCCO)cc3)OC=C2c2c(O[Si](C)(C)C(C)(C)C)cc3c(c2C1)OCC=C3. The third-order valence-electron chi connectivity index (χ3n) is 10.0. The Morgan fingerprint density at radius 1 is 0.935 bits per heavy atom. The minimum atomic E-state index is -2.21. The molecular formula is C38H52O6Si2. The maximum absolute atomic E-state index is 9.09. The average molecular weight is 661 g/mol. The minimum absolute atomic E-state index is 0.0247. The van der Waals surface area contributed by atoms with E-state index in [-0.39, 0.29) is 22.8 Å². The van der Waals surface area contributed by atoms with Crippen LogP contribution >= 0.6 is 0 Å². The van der Waals surface area contributed by atoms with Crippen molar-refractivity contribution in [3.63, 3.8) is 0 Å². The van der Waals surface area contributed by atoms with E-state index in [0.717, 1.165) is 56.4 Å². The number of ether oxygens (including phenoxy) is 3. The number of hydrogen-bond acceptors (Lipinski definition) is 6. The fourth-order valence-corrected chi connectivity index (χ4v) is 7.36. The van der Waals surface area contributed by atoms with Gasteiger partial charge in [0.25, 0.3) is 8.32 Å². The third kappa shape index (κ3) is 7.04. The van der Waals surface area contributed by atoms with E-state index in [1.54, 1.807) is 0 Å². The Morgan fingerprint density at radius 2 is 1.61 bits per heavy atom. The molecule has 2 heterocycles. The number of aliphatic hydroxyl groups excluding tert-OH is 1. The van der Waals surface area contributed by atoms with Gasteiger partial charge < -0.3 is 28.2 Å². The van der Waals surface area contributed by atoms with E-state index >= 15 is 0 Å². The van der Waals surface area contributed by atoms with E-state index in [1.807, 2.05) is 30.5 Å². The molecule has 248 valence electrons. The van der Waals surface area contributed by atoms with Crippen LogP contribution in [0.1, 0.15) is 76.3 Å². The lowest BCUT2D eigenvalue weighted by molar-refractivity contribution is 0.187. The first-order valence-corrected chi connectivity index (χ1v) is 22.3. The molecule has 0 amide bonds. The normalized spacial score (nSPS) is 18.0. The molecule has 2 aliphatic heterocycles. The Morgan fingerprint density at radius 3 is 2.26 bits per heavy atom. The topological polar surface area (TPSA) is 66.4 Å². The van der Waals surface area contributed by atoms with Crippen LogP contribution in [0.3, 0.4) is 0 Å². The number of benzene rings is 2. The smallest absolute Gasteiger partial charge is 0.250 e. The highest BCUT2D eigenvalue weighted by molar-refractivity contribution is 6.75. The van der Waals surface area contributed by atoms with Crippen LogP contribution in [0.5, 0.6) is 17.2 Å². The summed E-state index contributed by atoms with van der Waals surface area (Å²) in [6, 6.07) is 10.2. The van der Waals surface area contributed by atoms with Gasteiger partial charge in [-0.15, -0.1) is 0 Å². The molecule has 5 rings (SSSR count). The molecule has 1 atom stereocenters. The van der Waals surface area contributed by atoms with E-state index in [2.05, 4.69) is 98.1 Å². The van der Waals surface area contributed by atoms with Crippen molar-refractivity contribution < 1.29 is 28.2 Å². The number of hydrogen-bond donors (Lipinski definition) is 1. The quantitative estimate of drug-likeness (QED) is 0.213. The lowest BCUT2D eigenvalue weighted by Gasteiger charge is -2.38. The summed E-state index contributed by atoms with van der Waals surface area (Å²) in [5.41, 5.74) is 6.22. The maximum Gasteiger partial charge on any atom is 0.250 e. The van der Waals surface area contributed by atoms with Gasteiger partial charge in [-0.05, 0) is 83.8 Å². The fraction of sp³-hybridized carbons (Fsp3) is 0.474. The molecule has 0 unspecified atom stereocenters. The second kappa shape index (κ2) is 12.8. The van der Waals surface area contributed by atoms with Crippen molar-refractivity contribution in [2.24, 2.45) is 0 Å². The van der Waals surface area contributed by atoms with Crippen LogP contribution in [0.25, 0.3) is 11.6 Å². The summed E-state index contributed by atoms with van der Waals surface area (Å²) in [7, 11) is -4.37. The molecule has 1 N–H and O–H groups in total. The van der Waals surface area contributed by atoms with Crippen LogP contribution in [0.2, 0.25) is 36.3 Å². The highest BCUT2D eigenvalue weighted by Gasteiger charge is 2.43. The van der Waals surface area contributed by atoms with E-state index in [4.69, 9.17) is 28.2 Å². The zero-order valence-corrected chi connectivity index (χ0v) is 31.4. The molecular weight excluding hydrogens is 609 g/mol. The standard InChI is InChI=1S/C38H52O6Si2/c1-37(2,3)45(7,8)43-30-21-28-23-33(26-14-16-29(17-15-26)40-20-12-18-39)42-25-32(28)35-31(24-30)36-27(13-11-19-41-36)22-34(35)44-46(9,10)38(4,5)6/h11,13-17,21-23,25,33,39H,12,18-20,24H2,1-10H3/t33-/m1/s1. The molecule has 2 aromatic carbocycles. The summed E-state index contributed by atoms with van der Waals surface area (Å²) >= 11 is 0. The van der Waals surface area contributed by atoms with Crippen molar-refractivity contribution in [1.82, 2.24) is 0 Å². The Kier molecular flexibility index (Phi) is 9.48. The molecule has 3 aliphatic rings. The molecule has 0 saturated heterocycles. The average Bonchev–Trinajstić information content (AvgIpc) is 3.12. The molecule has 0 spiro atoms. The molecule has 0 radical (unpaired) electrons. The van der Waals surface area contributed by atoms with Crippen LogP contribution in [0.15, 0.2) is 66.2 Å². The van der Waals surface area contributed by atoms with Gasteiger partial charge in [0.1, 0.15) is 30.0 Å². The molecule has 8 heteroatoms. The van der Waals surface area contributed by atoms with Gasteiger partial charge in [-0.1, -0.05) is 59.8 Å². The molecule has 46 heavy (non-hydrogen) atoms. The monoisotopic (exact) mass is 660 g/mol. The van der Waals surface area contributed by atoms with Crippen molar-refractivity contribution >= 4 is 28.3 Å². The van der Waals surface area contributed by atoms with Crippen molar-refractivity contribution in [3.05, 3.63) is 88.4 Å². The Bertz CT molecular complexity index is 1570. The molecule has 1 aliphatic carbocycles. The van der Waals surface area contributed by atoms with E-state index < -0.39 is 16.6 Å². The second-order valence-corrected chi connectivity index (χ2v) is 25.0. The highest BCUT2D eigenvalue weighted by Crippen LogP contribution is 2.50. The summed E-state index contributed by atoms with van der Waals surface area (Å²) in [5, 5.41) is 9.15. The summed E-state index contributed by atoms with van der Waals surface area (Å²) in [6.07, 6.45) is 11.5. The largest absolute Gasteiger partial charge is 0.546 e. The van der Waals surface area contributed by atoms with Crippen LogP contribution < -0.4 is 13.9 Å². The summed E-state index contributed by atoms with van der Waals surface area (Å²) in [6.45, 7) is 24.0. The van der Waals surface area contributed by atoms with Gasteiger partial charge in [-0.2, -0.15) is 0 Å². The first-order valence-electron chi connectivity index (χ1n) is 16.5. The number of aliphatic hydroxyl groups is 1. The van der Waals surface area contributed by atoms with Gasteiger partial charge in [0.2, 0.25) is 8.32 Å². The van der Waals surface area contributed by atoms with Crippen LogP contribution in [0, 0.1) is 0 Å². The third-order valence-corrected chi connectivity index (χ3v) is 18.8. The Balaban J connectivity index is 1.64. The fourth-order valence-electron chi connectivity index (χ4n) is 5.25. The van der Waals surface area contributed by atoms with Gasteiger partial charge in [-0.25, -0.2) is 0 Å². The van der Waals surface area contributed by atoms with Gasteiger partial charge in [0.05, 0.1) is 18.6 Å². The number of allylic oxidation sites excluding steroid dienone is 4. The zero-order valence-electron chi connectivity index (χ0n) is 29.4. The summed E-state index contributed by atoms with van der Waals surface area (Å²) < 4.78 is 32.8. The van der Waals surface area contributed by atoms with E-state index in [9.17, 15) is 0 Å². The van der Waals surface area contributed by atoms with Gasteiger partial charge >= 0.3 is 0 Å². The van der Waals surface area contributed by atoms with Gasteiger partial charge in [-0.3, -0.25) is 0 Å². The van der Waals surface area contributed by atoms with Crippen LogP contribution in [-0.4, -0.2) is 41.6 Å². The van der Waals surface area contributed by atoms with E-state index in [1.165, 1.54) is 0 Å². The summed E-state index contributed by atoms with van der Waals surface area (Å²) in [5.74, 6) is 3.49. The highest BCUT2D eigenvalue weighted by atomic mass is 28.4. The van der Waals surface area contributed by atoms with Crippen LogP contribution in [0.4, 0.5) is 0 Å². The Labute approximate surface area is 278 Å². The van der Waals surface area contributed by atoms with Crippen LogP contribution in [-0.2, 0) is 15.6 Å². The first-order chi connectivity index (χ1) is 21.5. The minimum Gasteiger partial charge on any atom is -0.546 e. The van der Waals surface area contributed by atoms with Crippen molar-refractivity contribution in [3.8, 4) is 17.2 Å². The lowest BCUT2D eigenvalue weighted by atomic mass is 9.90. The number of fused-ring (bicyclic) bond motifs is 5. The predicted octanol–water partition coefficient (Wildman–Crippen LogP) is 9.74. The molecule has 2 aromatic rings. The zero-order chi connectivity index (χ0) is 33.5. The number of rotatable bonds is 9. The van der Waals surface area contributed by atoms with Crippen molar-refractivity contribution in [2.75, 3.05) is 19.8 Å². The van der Waals surface area contributed by atoms with E-state index in [0.29, 0.717) is 26.1 Å². The molecule has 6 nitrogen and oxygen atoms in total. The van der Waals surface area contributed by atoms with Crippen molar-refractivity contribution in [1.29, 1.82) is 0 Å².